The van der Waals surface area contributed by atoms with E-state index in [0.29, 0.717) is 12.2 Å². The highest BCUT2D eigenvalue weighted by molar-refractivity contribution is 5.95. The van der Waals surface area contributed by atoms with Gasteiger partial charge in [-0.1, -0.05) is 5.16 Å². The SMILES string of the molecule is Cc1cc(Cn2cccc2/C(N)=N/O)n(C)n1. The first-order valence-electron chi connectivity index (χ1n) is 5.24. The molecule has 0 unspecified atom stereocenters. The first-order chi connectivity index (χ1) is 8.11. The first kappa shape index (κ1) is 11.3. The van der Waals surface area contributed by atoms with Crippen molar-refractivity contribution in [3.63, 3.8) is 0 Å². The number of rotatable bonds is 3. The number of oxime groups is 1. The third kappa shape index (κ3) is 2.15. The van der Waals surface area contributed by atoms with Gasteiger partial charge in [0.25, 0.3) is 0 Å². The van der Waals surface area contributed by atoms with E-state index in [4.69, 9.17) is 10.9 Å². The molecule has 0 aliphatic heterocycles. The highest BCUT2D eigenvalue weighted by atomic mass is 16.4. The summed E-state index contributed by atoms with van der Waals surface area (Å²) in [6.07, 6.45) is 1.88. The molecule has 2 aromatic rings. The molecule has 0 aromatic carbocycles. The summed E-state index contributed by atoms with van der Waals surface area (Å²) in [6, 6.07) is 5.67. The molecule has 2 rings (SSSR count). The molecule has 0 saturated heterocycles. The molecule has 3 N–H and O–H groups in total. The summed E-state index contributed by atoms with van der Waals surface area (Å²) in [4.78, 5) is 0. The lowest BCUT2D eigenvalue weighted by atomic mass is 10.3. The van der Waals surface area contributed by atoms with Gasteiger partial charge < -0.3 is 15.5 Å². The summed E-state index contributed by atoms with van der Waals surface area (Å²) < 4.78 is 3.73. The van der Waals surface area contributed by atoms with Crippen LogP contribution in [-0.2, 0) is 13.6 Å². The second-order valence-corrected chi connectivity index (χ2v) is 3.91. The van der Waals surface area contributed by atoms with E-state index in [1.54, 1.807) is 6.07 Å². The Labute approximate surface area is 99.0 Å². The fourth-order valence-corrected chi connectivity index (χ4v) is 1.82. The number of nitrogens with zero attached hydrogens (tertiary/aromatic N) is 4. The van der Waals surface area contributed by atoms with Crippen LogP contribution in [0.1, 0.15) is 17.1 Å². The van der Waals surface area contributed by atoms with Crippen LogP contribution in [0.2, 0.25) is 0 Å². The van der Waals surface area contributed by atoms with Gasteiger partial charge in [0.05, 0.1) is 23.6 Å². The van der Waals surface area contributed by atoms with Gasteiger partial charge in [0, 0.05) is 13.2 Å². The van der Waals surface area contributed by atoms with E-state index < -0.39 is 0 Å². The predicted molar refractivity (Wildman–Crippen MR) is 64.0 cm³/mol. The van der Waals surface area contributed by atoms with Crippen molar-refractivity contribution in [3.05, 3.63) is 41.5 Å². The summed E-state index contributed by atoms with van der Waals surface area (Å²) in [7, 11) is 1.90. The minimum Gasteiger partial charge on any atom is -0.409 e. The number of nitrogens with two attached hydrogens (primary N) is 1. The summed E-state index contributed by atoms with van der Waals surface area (Å²) in [5, 5.41) is 16.0. The molecule has 0 fully saturated rings. The van der Waals surface area contributed by atoms with Gasteiger partial charge in [-0.25, -0.2) is 0 Å². The van der Waals surface area contributed by atoms with Gasteiger partial charge in [-0.3, -0.25) is 4.68 Å². The molecular formula is C11H15N5O. The van der Waals surface area contributed by atoms with Crippen molar-refractivity contribution in [2.45, 2.75) is 13.5 Å². The molecule has 0 atom stereocenters. The average Bonchev–Trinajstić information content (AvgIpc) is 2.86. The smallest absolute Gasteiger partial charge is 0.186 e. The largest absolute Gasteiger partial charge is 0.409 e. The van der Waals surface area contributed by atoms with E-state index in [9.17, 15) is 0 Å². The Kier molecular flexibility index (Phi) is 2.86. The maximum Gasteiger partial charge on any atom is 0.186 e. The maximum atomic E-state index is 8.69. The molecule has 2 aromatic heterocycles. The zero-order valence-electron chi connectivity index (χ0n) is 9.83. The van der Waals surface area contributed by atoms with Crippen molar-refractivity contribution in [2.75, 3.05) is 0 Å². The van der Waals surface area contributed by atoms with Gasteiger partial charge in [0.2, 0.25) is 0 Å². The summed E-state index contributed by atoms with van der Waals surface area (Å²) in [5.74, 6) is 0.105. The minimum atomic E-state index is 0.105. The molecule has 0 spiro atoms. The van der Waals surface area contributed by atoms with Crippen LogP contribution in [0.3, 0.4) is 0 Å². The van der Waals surface area contributed by atoms with E-state index in [2.05, 4.69) is 10.3 Å². The average molecular weight is 233 g/mol. The van der Waals surface area contributed by atoms with Crippen LogP contribution in [0.4, 0.5) is 0 Å². The second kappa shape index (κ2) is 4.32. The van der Waals surface area contributed by atoms with Crippen molar-refractivity contribution >= 4 is 5.84 Å². The molecular weight excluding hydrogens is 218 g/mol. The Morgan fingerprint density at radius 3 is 2.94 bits per heavy atom. The third-order valence-corrected chi connectivity index (χ3v) is 2.63. The molecule has 17 heavy (non-hydrogen) atoms. The predicted octanol–water partition coefficient (Wildman–Crippen LogP) is 0.673. The maximum absolute atomic E-state index is 8.69. The van der Waals surface area contributed by atoms with Crippen LogP contribution in [-0.4, -0.2) is 25.4 Å². The van der Waals surface area contributed by atoms with E-state index >= 15 is 0 Å². The van der Waals surface area contributed by atoms with Gasteiger partial charge in [-0.2, -0.15) is 5.10 Å². The molecule has 0 bridgehead atoms. The van der Waals surface area contributed by atoms with Crippen LogP contribution in [0, 0.1) is 6.92 Å². The minimum absolute atomic E-state index is 0.105. The Bertz CT molecular complexity index is 552. The van der Waals surface area contributed by atoms with Gasteiger partial charge in [0.1, 0.15) is 0 Å². The monoisotopic (exact) mass is 233 g/mol. The Hall–Kier alpha value is -2.24. The van der Waals surface area contributed by atoms with E-state index in [0.717, 1.165) is 11.4 Å². The van der Waals surface area contributed by atoms with Crippen LogP contribution in [0.15, 0.2) is 29.6 Å². The Morgan fingerprint density at radius 2 is 2.35 bits per heavy atom. The zero-order valence-corrected chi connectivity index (χ0v) is 9.83. The van der Waals surface area contributed by atoms with Crippen molar-refractivity contribution in [1.82, 2.24) is 14.3 Å². The van der Waals surface area contributed by atoms with Gasteiger partial charge in [-0.15, -0.1) is 0 Å². The Morgan fingerprint density at radius 1 is 1.59 bits per heavy atom. The van der Waals surface area contributed by atoms with Crippen molar-refractivity contribution < 1.29 is 5.21 Å². The lowest BCUT2D eigenvalue weighted by molar-refractivity contribution is 0.318. The highest BCUT2D eigenvalue weighted by Crippen LogP contribution is 2.08. The normalized spacial score (nSPS) is 12.0. The molecule has 0 amide bonds. The first-order valence-corrected chi connectivity index (χ1v) is 5.24. The number of amidine groups is 1. The molecule has 6 nitrogen and oxygen atoms in total. The summed E-state index contributed by atoms with van der Waals surface area (Å²) >= 11 is 0. The number of hydrogen-bond donors (Lipinski definition) is 2. The highest BCUT2D eigenvalue weighted by Gasteiger charge is 2.08. The van der Waals surface area contributed by atoms with Crippen LogP contribution in [0.5, 0.6) is 0 Å². The number of aryl methyl sites for hydroxylation is 2. The third-order valence-electron chi connectivity index (χ3n) is 2.63. The van der Waals surface area contributed by atoms with E-state index in [1.165, 1.54) is 0 Å². The van der Waals surface area contributed by atoms with Crippen LogP contribution < -0.4 is 5.73 Å². The van der Waals surface area contributed by atoms with E-state index in [-0.39, 0.29) is 5.84 Å². The molecule has 0 aliphatic carbocycles. The van der Waals surface area contributed by atoms with Gasteiger partial charge in [-0.05, 0) is 25.1 Å². The van der Waals surface area contributed by atoms with Crippen molar-refractivity contribution in [3.8, 4) is 0 Å². The van der Waals surface area contributed by atoms with Gasteiger partial charge in [0.15, 0.2) is 5.84 Å². The fourth-order valence-electron chi connectivity index (χ4n) is 1.82. The van der Waals surface area contributed by atoms with E-state index in [1.807, 2.05) is 41.5 Å². The molecule has 0 saturated carbocycles. The number of hydrogen-bond acceptors (Lipinski definition) is 3. The Balaban J connectivity index is 2.31. The van der Waals surface area contributed by atoms with Gasteiger partial charge >= 0.3 is 0 Å². The van der Waals surface area contributed by atoms with Crippen LogP contribution >= 0.6 is 0 Å². The second-order valence-electron chi connectivity index (χ2n) is 3.91. The molecule has 0 radical (unpaired) electrons. The zero-order chi connectivity index (χ0) is 12.4. The quantitative estimate of drug-likeness (QED) is 0.354. The molecule has 2 heterocycles. The lowest BCUT2D eigenvalue weighted by Gasteiger charge is -2.08. The van der Waals surface area contributed by atoms with Crippen molar-refractivity contribution in [1.29, 1.82) is 0 Å². The van der Waals surface area contributed by atoms with Crippen LogP contribution in [0.25, 0.3) is 0 Å². The lowest BCUT2D eigenvalue weighted by Crippen LogP contribution is -2.19. The molecule has 90 valence electrons. The summed E-state index contributed by atoms with van der Waals surface area (Å²) in [6.45, 7) is 2.58. The number of aromatic nitrogens is 3. The standard InChI is InChI=1S/C11H15N5O/c1-8-6-9(15(2)13-8)7-16-5-3-4-10(16)11(12)14-17/h3-6,17H,7H2,1-2H3,(H2,12,14). The molecule has 0 aliphatic rings. The topological polar surface area (TPSA) is 81.4 Å². The van der Waals surface area contributed by atoms with Crippen molar-refractivity contribution in [2.24, 2.45) is 17.9 Å². The fraction of sp³-hybridized carbons (Fsp3) is 0.273. The summed E-state index contributed by atoms with van der Waals surface area (Å²) in [5.41, 5.74) is 8.31. The molecule has 6 heteroatoms.